The maximum Gasteiger partial charge on any atom is 0.375 e. The van der Waals surface area contributed by atoms with Crippen LogP contribution in [0.3, 0.4) is 0 Å². The molecule has 0 bridgehead atoms. The summed E-state index contributed by atoms with van der Waals surface area (Å²) in [5.74, 6) is -2.82. The van der Waals surface area contributed by atoms with Crippen LogP contribution in [-0.4, -0.2) is 24.1 Å². The van der Waals surface area contributed by atoms with Gasteiger partial charge in [0, 0.05) is 0 Å². The summed E-state index contributed by atoms with van der Waals surface area (Å²) in [5, 5.41) is 0. The molecular weight excluding hydrogens is 220 g/mol. The summed E-state index contributed by atoms with van der Waals surface area (Å²) in [4.78, 5) is 34.9. The Bertz CT molecular complexity index is 404. The Labute approximate surface area is 100 Å². The lowest BCUT2D eigenvalue weighted by Crippen LogP contribution is -2.34. The lowest BCUT2D eigenvalue weighted by atomic mass is 9.81. The van der Waals surface area contributed by atoms with Gasteiger partial charge >= 0.3 is 5.97 Å². The molecule has 0 aliphatic heterocycles. The summed E-state index contributed by atoms with van der Waals surface area (Å²) in [6, 6.07) is 0. The first kappa shape index (κ1) is 13.4. The molecule has 17 heavy (non-hydrogen) atoms. The van der Waals surface area contributed by atoms with Crippen LogP contribution >= 0.6 is 0 Å². The third-order valence-electron chi connectivity index (χ3n) is 2.91. The quantitative estimate of drug-likeness (QED) is 0.422. The largest absolute Gasteiger partial charge is 0.460 e. The fraction of sp³-hybridized carbons (Fsp3) is 0.462. The van der Waals surface area contributed by atoms with Gasteiger partial charge in [0.1, 0.15) is 0 Å². The van der Waals surface area contributed by atoms with Crippen molar-refractivity contribution in [3.63, 3.8) is 0 Å². The van der Waals surface area contributed by atoms with Crippen molar-refractivity contribution in [1.82, 2.24) is 0 Å². The summed E-state index contributed by atoms with van der Waals surface area (Å²) in [6.45, 7) is 7.03. The number of hydrogen-bond donors (Lipinski definition) is 0. The molecule has 0 aromatic rings. The molecule has 0 heterocycles. The Morgan fingerprint density at radius 1 is 1.53 bits per heavy atom. The Balaban J connectivity index is 2.87. The third-order valence-corrected chi connectivity index (χ3v) is 2.91. The van der Waals surface area contributed by atoms with E-state index in [1.165, 1.54) is 0 Å². The van der Waals surface area contributed by atoms with E-state index in [0.29, 0.717) is 18.4 Å². The molecule has 0 radical (unpaired) electrons. The molecule has 0 amide bonds. The third kappa shape index (κ3) is 2.70. The number of rotatable bonds is 4. The highest BCUT2D eigenvalue weighted by Crippen LogP contribution is 2.27. The van der Waals surface area contributed by atoms with Crippen LogP contribution in [0.1, 0.15) is 26.7 Å². The number of carbonyl (C=O) groups excluding carboxylic acids is 3. The molecule has 0 saturated heterocycles. The van der Waals surface area contributed by atoms with Crippen molar-refractivity contribution in [2.24, 2.45) is 5.92 Å². The van der Waals surface area contributed by atoms with Crippen LogP contribution in [0.2, 0.25) is 0 Å². The van der Waals surface area contributed by atoms with Gasteiger partial charge in [-0.3, -0.25) is 9.59 Å². The molecule has 0 fully saturated rings. The minimum Gasteiger partial charge on any atom is -0.460 e. The number of carbonyl (C=O) groups is 3. The van der Waals surface area contributed by atoms with Gasteiger partial charge in [0.15, 0.2) is 5.78 Å². The molecule has 0 spiro atoms. The summed E-state index contributed by atoms with van der Waals surface area (Å²) >= 11 is 0. The molecular formula is C13H16O4. The van der Waals surface area contributed by atoms with Crippen LogP contribution in [0.4, 0.5) is 0 Å². The standard InChI is InChI=1S/C13H16O4/c1-4-9-6-7-10(11(14)8(9)3)12(15)13(16)17-5-2/h4,10H,1,5-7H2,2-3H3. The second kappa shape index (κ2) is 5.57. The zero-order valence-electron chi connectivity index (χ0n) is 10.1. The smallest absolute Gasteiger partial charge is 0.375 e. The van der Waals surface area contributed by atoms with Crippen molar-refractivity contribution in [3.8, 4) is 0 Å². The van der Waals surface area contributed by atoms with E-state index in [2.05, 4.69) is 11.3 Å². The highest BCUT2D eigenvalue weighted by molar-refractivity contribution is 6.39. The number of ketones is 2. The summed E-state index contributed by atoms with van der Waals surface area (Å²) in [5.41, 5.74) is 1.37. The normalized spacial score (nSPS) is 20.1. The minimum atomic E-state index is -0.916. The fourth-order valence-corrected chi connectivity index (χ4v) is 1.89. The summed E-state index contributed by atoms with van der Waals surface area (Å²) < 4.78 is 4.62. The highest BCUT2D eigenvalue weighted by atomic mass is 16.5. The van der Waals surface area contributed by atoms with Crippen LogP contribution in [0.25, 0.3) is 0 Å². The van der Waals surface area contributed by atoms with E-state index in [4.69, 9.17) is 0 Å². The Morgan fingerprint density at radius 2 is 2.18 bits per heavy atom. The Hall–Kier alpha value is -1.71. The van der Waals surface area contributed by atoms with E-state index < -0.39 is 17.7 Å². The van der Waals surface area contributed by atoms with Crippen molar-refractivity contribution in [3.05, 3.63) is 23.8 Å². The first-order chi connectivity index (χ1) is 8.02. The molecule has 0 aromatic heterocycles. The molecule has 0 N–H and O–H groups in total. The van der Waals surface area contributed by atoms with Gasteiger partial charge in [-0.15, -0.1) is 0 Å². The van der Waals surface area contributed by atoms with Gasteiger partial charge in [-0.1, -0.05) is 12.7 Å². The second-order valence-corrected chi connectivity index (χ2v) is 3.89. The van der Waals surface area contributed by atoms with Crippen molar-refractivity contribution in [2.45, 2.75) is 26.7 Å². The Kier molecular flexibility index (Phi) is 4.37. The van der Waals surface area contributed by atoms with E-state index in [9.17, 15) is 14.4 Å². The number of ether oxygens (including phenoxy) is 1. The first-order valence-electron chi connectivity index (χ1n) is 5.60. The van der Waals surface area contributed by atoms with Gasteiger partial charge in [-0.25, -0.2) is 4.79 Å². The number of Topliss-reactive ketones (excluding diaryl/α,β-unsaturated/α-hetero) is 2. The molecule has 0 aromatic carbocycles. The first-order valence-corrected chi connectivity index (χ1v) is 5.60. The summed E-state index contributed by atoms with van der Waals surface area (Å²) in [6.07, 6.45) is 2.57. The molecule has 1 rings (SSSR count). The lowest BCUT2D eigenvalue weighted by molar-refractivity contribution is -0.156. The maximum atomic E-state index is 11.9. The van der Waals surface area contributed by atoms with E-state index >= 15 is 0 Å². The SMILES string of the molecule is C=CC1=C(C)C(=O)C(C(=O)C(=O)OCC)CC1. The van der Waals surface area contributed by atoms with Gasteiger partial charge < -0.3 is 4.74 Å². The maximum absolute atomic E-state index is 11.9. The van der Waals surface area contributed by atoms with Crippen molar-refractivity contribution >= 4 is 17.5 Å². The average molecular weight is 236 g/mol. The highest BCUT2D eigenvalue weighted by Gasteiger charge is 2.36. The van der Waals surface area contributed by atoms with Crippen molar-refractivity contribution < 1.29 is 19.1 Å². The zero-order chi connectivity index (χ0) is 13.0. The van der Waals surface area contributed by atoms with Crippen LogP contribution < -0.4 is 0 Å². The monoisotopic (exact) mass is 236 g/mol. The molecule has 4 nitrogen and oxygen atoms in total. The topological polar surface area (TPSA) is 60.4 Å². The second-order valence-electron chi connectivity index (χ2n) is 3.89. The van der Waals surface area contributed by atoms with Gasteiger partial charge in [-0.2, -0.15) is 0 Å². The molecule has 92 valence electrons. The molecule has 1 aliphatic carbocycles. The van der Waals surface area contributed by atoms with Gasteiger partial charge in [0.2, 0.25) is 0 Å². The van der Waals surface area contributed by atoms with E-state index in [1.54, 1.807) is 19.9 Å². The molecule has 1 unspecified atom stereocenters. The van der Waals surface area contributed by atoms with Crippen LogP contribution in [-0.2, 0) is 19.1 Å². The van der Waals surface area contributed by atoms with E-state index in [-0.39, 0.29) is 12.4 Å². The van der Waals surface area contributed by atoms with Crippen molar-refractivity contribution in [1.29, 1.82) is 0 Å². The number of esters is 1. The predicted octanol–water partition coefficient (Wildman–Crippen LogP) is 1.60. The van der Waals surface area contributed by atoms with Crippen LogP contribution in [0, 0.1) is 5.92 Å². The predicted molar refractivity (Wildman–Crippen MR) is 62.3 cm³/mol. The van der Waals surface area contributed by atoms with Gasteiger partial charge in [0.05, 0.1) is 12.5 Å². The number of hydrogen-bond acceptors (Lipinski definition) is 4. The van der Waals surface area contributed by atoms with Crippen LogP contribution in [0.5, 0.6) is 0 Å². The molecule has 1 aliphatic rings. The van der Waals surface area contributed by atoms with Gasteiger partial charge in [0.25, 0.3) is 5.78 Å². The van der Waals surface area contributed by atoms with Crippen molar-refractivity contribution in [2.75, 3.05) is 6.61 Å². The minimum absolute atomic E-state index is 0.137. The molecule has 1 atom stereocenters. The van der Waals surface area contributed by atoms with Crippen LogP contribution in [0.15, 0.2) is 23.8 Å². The zero-order valence-corrected chi connectivity index (χ0v) is 10.1. The fourth-order valence-electron chi connectivity index (χ4n) is 1.89. The molecule has 0 saturated carbocycles. The van der Waals surface area contributed by atoms with E-state index in [0.717, 1.165) is 5.57 Å². The summed E-state index contributed by atoms with van der Waals surface area (Å²) in [7, 11) is 0. The van der Waals surface area contributed by atoms with E-state index in [1.807, 2.05) is 0 Å². The van der Waals surface area contributed by atoms with Gasteiger partial charge in [-0.05, 0) is 37.8 Å². The number of allylic oxidation sites excluding steroid dienone is 3. The lowest BCUT2D eigenvalue weighted by Gasteiger charge is -2.21. The molecule has 4 heteroatoms. The average Bonchev–Trinajstić information content (AvgIpc) is 2.32. The Morgan fingerprint density at radius 3 is 2.71 bits per heavy atom.